The Morgan fingerprint density at radius 3 is 1.89 bits per heavy atom. The molecule has 0 heterocycles. The molecule has 0 radical (unpaired) electrons. The lowest BCUT2D eigenvalue weighted by molar-refractivity contribution is -0.139. The predicted molar refractivity (Wildman–Crippen MR) is 137 cm³/mol. The molecule has 38 heavy (non-hydrogen) atoms. The average Bonchev–Trinajstić information content (AvgIpc) is 2.92. The van der Waals surface area contributed by atoms with Crippen LogP contribution < -0.4 is 10.1 Å². The molecule has 5 nitrogen and oxygen atoms in total. The quantitative estimate of drug-likeness (QED) is 0.269. The molecule has 0 spiro atoms. The van der Waals surface area contributed by atoms with Gasteiger partial charge in [0.1, 0.15) is 18.4 Å². The maximum absolute atomic E-state index is 12.7. The fraction of sp³-hybridized carbons (Fsp3) is 0.133. The maximum atomic E-state index is 12.7. The Balaban J connectivity index is 1.34. The summed E-state index contributed by atoms with van der Waals surface area (Å²) in [6.07, 6.45) is -4.20. The van der Waals surface area contributed by atoms with Crippen molar-refractivity contribution >= 4 is 11.9 Å². The third-order valence-electron chi connectivity index (χ3n) is 5.91. The topological polar surface area (TPSA) is 75.6 Å². The van der Waals surface area contributed by atoms with Gasteiger partial charge in [-0.2, -0.15) is 13.2 Å². The predicted octanol–water partition coefficient (Wildman–Crippen LogP) is 6.38. The van der Waals surface area contributed by atoms with Gasteiger partial charge in [0, 0.05) is 12.0 Å². The van der Waals surface area contributed by atoms with Gasteiger partial charge in [0.05, 0.1) is 5.56 Å². The molecule has 4 aromatic carbocycles. The van der Waals surface area contributed by atoms with Crippen LogP contribution in [0.15, 0.2) is 103 Å². The highest BCUT2D eigenvalue weighted by atomic mass is 19.4. The van der Waals surface area contributed by atoms with Gasteiger partial charge in [0.25, 0.3) is 5.91 Å². The largest absolute Gasteiger partial charge is 0.489 e. The molecule has 0 saturated heterocycles. The van der Waals surface area contributed by atoms with Crippen molar-refractivity contribution in [2.75, 3.05) is 0 Å². The van der Waals surface area contributed by atoms with Gasteiger partial charge in [0.2, 0.25) is 0 Å². The van der Waals surface area contributed by atoms with Crippen molar-refractivity contribution in [1.82, 2.24) is 5.32 Å². The number of halogens is 3. The van der Waals surface area contributed by atoms with Crippen molar-refractivity contribution in [3.63, 3.8) is 0 Å². The number of aliphatic carboxylic acids is 1. The number of nitrogens with one attached hydrogen (secondary N) is 1. The van der Waals surface area contributed by atoms with E-state index in [0.717, 1.165) is 28.8 Å². The van der Waals surface area contributed by atoms with E-state index >= 15 is 0 Å². The van der Waals surface area contributed by atoms with Crippen LogP contribution in [-0.2, 0) is 24.0 Å². The lowest BCUT2D eigenvalue weighted by atomic mass is 10.0. The number of hydrogen-bond acceptors (Lipinski definition) is 3. The second-order valence-electron chi connectivity index (χ2n) is 8.64. The van der Waals surface area contributed by atoms with E-state index in [1.807, 2.05) is 42.5 Å². The van der Waals surface area contributed by atoms with Crippen LogP contribution in [0.4, 0.5) is 13.2 Å². The van der Waals surface area contributed by atoms with Crippen LogP contribution in [0.5, 0.6) is 5.75 Å². The standard InChI is InChI=1S/C30H24F3NO4/c31-30(32,33)25-14-6-21(7-15-25)19-38-26-16-12-23(13-17-26)22-8-10-24(11-9-22)28(35)34-27(29(36)37)18-20-4-2-1-3-5-20/h1-17,27H,18-19H2,(H,34,35)(H,36,37). The molecule has 1 unspecified atom stereocenters. The SMILES string of the molecule is O=C(NC(Cc1ccccc1)C(=O)O)c1ccc(-c2ccc(OCc3ccc(C(F)(F)F)cc3)cc2)cc1. The zero-order valence-corrected chi connectivity index (χ0v) is 20.1. The first-order valence-electron chi connectivity index (χ1n) is 11.8. The van der Waals surface area contributed by atoms with E-state index in [1.165, 1.54) is 12.1 Å². The molecular weight excluding hydrogens is 495 g/mol. The molecule has 2 N–H and O–H groups in total. The maximum Gasteiger partial charge on any atom is 0.416 e. The van der Waals surface area contributed by atoms with Gasteiger partial charge in [-0.25, -0.2) is 4.79 Å². The van der Waals surface area contributed by atoms with Gasteiger partial charge in [0.15, 0.2) is 0 Å². The second-order valence-corrected chi connectivity index (χ2v) is 8.64. The van der Waals surface area contributed by atoms with E-state index in [9.17, 15) is 27.9 Å². The van der Waals surface area contributed by atoms with Crippen molar-refractivity contribution in [2.24, 2.45) is 0 Å². The molecule has 0 aliphatic rings. The summed E-state index contributed by atoms with van der Waals surface area (Å²) >= 11 is 0. The molecular formula is C30H24F3NO4. The minimum absolute atomic E-state index is 0.128. The summed E-state index contributed by atoms with van der Waals surface area (Å²) in [6.45, 7) is 0.128. The molecule has 4 rings (SSSR count). The Kier molecular flexibility index (Phi) is 8.11. The van der Waals surface area contributed by atoms with Crippen LogP contribution >= 0.6 is 0 Å². The molecule has 0 aliphatic carbocycles. The summed E-state index contributed by atoms with van der Waals surface area (Å²) in [4.78, 5) is 24.3. The summed E-state index contributed by atoms with van der Waals surface area (Å²) < 4.78 is 43.7. The number of benzene rings is 4. The van der Waals surface area contributed by atoms with Crippen LogP contribution in [-0.4, -0.2) is 23.0 Å². The number of ether oxygens (including phenoxy) is 1. The van der Waals surface area contributed by atoms with Crippen LogP contribution in [0.1, 0.15) is 27.0 Å². The number of carbonyl (C=O) groups excluding carboxylic acids is 1. The van der Waals surface area contributed by atoms with Crippen molar-refractivity contribution in [1.29, 1.82) is 0 Å². The fourth-order valence-electron chi connectivity index (χ4n) is 3.81. The Labute approximate surface area is 217 Å². The van der Waals surface area contributed by atoms with Crippen molar-refractivity contribution in [3.05, 3.63) is 125 Å². The van der Waals surface area contributed by atoms with Crippen LogP contribution in [0.3, 0.4) is 0 Å². The molecule has 0 fully saturated rings. The van der Waals surface area contributed by atoms with Gasteiger partial charge in [-0.1, -0.05) is 66.7 Å². The lowest BCUT2D eigenvalue weighted by Crippen LogP contribution is -2.42. The Bertz CT molecular complexity index is 1370. The van der Waals surface area contributed by atoms with Gasteiger partial charge in [-0.3, -0.25) is 4.79 Å². The second kappa shape index (κ2) is 11.6. The van der Waals surface area contributed by atoms with Crippen molar-refractivity contribution in [2.45, 2.75) is 25.2 Å². The number of carboxylic acid groups (broad SMARTS) is 1. The summed E-state index contributed by atoms with van der Waals surface area (Å²) in [5.74, 6) is -1.03. The van der Waals surface area contributed by atoms with E-state index in [2.05, 4.69) is 5.32 Å². The number of carboxylic acids is 1. The Morgan fingerprint density at radius 2 is 1.34 bits per heavy atom. The first-order valence-corrected chi connectivity index (χ1v) is 11.8. The van der Waals surface area contributed by atoms with Gasteiger partial charge in [-0.15, -0.1) is 0 Å². The van der Waals surface area contributed by atoms with E-state index in [1.54, 1.807) is 36.4 Å². The first kappa shape index (κ1) is 26.5. The van der Waals surface area contributed by atoms with Crippen LogP contribution in [0.25, 0.3) is 11.1 Å². The minimum atomic E-state index is -4.37. The van der Waals surface area contributed by atoms with Crippen LogP contribution in [0.2, 0.25) is 0 Å². The summed E-state index contributed by atoms with van der Waals surface area (Å²) in [5.41, 5.74) is 2.76. The third-order valence-corrected chi connectivity index (χ3v) is 5.91. The lowest BCUT2D eigenvalue weighted by Gasteiger charge is -2.15. The molecule has 0 aliphatic heterocycles. The number of alkyl halides is 3. The average molecular weight is 520 g/mol. The monoisotopic (exact) mass is 519 g/mol. The molecule has 8 heteroatoms. The summed E-state index contributed by atoms with van der Waals surface area (Å²) in [6, 6.07) is 26.8. The molecule has 1 atom stereocenters. The highest BCUT2D eigenvalue weighted by Crippen LogP contribution is 2.29. The normalized spacial score (nSPS) is 12.0. The molecule has 0 bridgehead atoms. The zero-order chi connectivity index (χ0) is 27.1. The molecule has 194 valence electrons. The van der Waals surface area contributed by atoms with E-state index in [0.29, 0.717) is 16.9 Å². The van der Waals surface area contributed by atoms with E-state index in [-0.39, 0.29) is 13.0 Å². The third kappa shape index (κ3) is 7.00. The van der Waals surface area contributed by atoms with E-state index < -0.39 is 29.7 Å². The van der Waals surface area contributed by atoms with Gasteiger partial charge < -0.3 is 15.2 Å². The summed E-state index contributed by atoms with van der Waals surface area (Å²) in [7, 11) is 0. The van der Waals surface area contributed by atoms with Crippen LogP contribution in [0, 0.1) is 0 Å². The Hall–Kier alpha value is -4.59. The van der Waals surface area contributed by atoms with Crippen molar-refractivity contribution < 1.29 is 32.6 Å². The molecule has 4 aromatic rings. The highest BCUT2D eigenvalue weighted by Gasteiger charge is 2.29. The van der Waals surface area contributed by atoms with E-state index in [4.69, 9.17) is 4.74 Å². The summed E-state index contributed by atoms with van der Waals surface area (Å²) in [5, 5.41) is 12.1. The highest BCUT2D eigenvalue weighted by molar-refractivity contribution is 5.97. The Morgan fingerprint density at radius 1 is 0.763 bits per heavy atom. The zero-order valence-electron chi connectivity index (χ0n) is 20.1. The van der Waals surface area contributed by atoms with Gasteiger partial charge >= 0.3 is 12.1 Å². The smallest absolute Gasteiger partial charge is 0.416 e. The number of rotatable bonds is 9. The first-order chi connectivity index (χ1) is 18.2. The molecule has 0 aromatic heterocycles. The fourth-order valence-corrected chi connectivity index (χ4v) is 3.81. The molecule has 0 saturated carbocycles. The number of carbonyl (C=O) groups is 2. The minimum Gasteiger partial charge on any atom is -0.489 e. The molecule has 1 amide bonds. The number of hydrogen-bond donors (Lipinski definition) is 2. The van der Waals surface area contributed by atoms with Gasteiger partial charge in [-0.05, 0) is 58.7 Å². The number of amides is 1. The van der Waals surface area contributed by atoms with Crippen molar-refractivity contribution in [3.8, 4) is 16.9 Å².